The van der Waals surface area contributed by atoms with E-state index >= 15 is 0 Å². The maximum absolute atomic E-state index is 12.9. The predicted molar refractivity (Wildman–Crippen MR) is 137 cm³/mol. The summed E-state index contributed by atoms with van der Waals surface area (Å²) in [6.07, 6.45) is -2.26. The maximum Gasteiger partial charge on any atom is 0.511 e. The Labute approximate surface area is 220 Å². The molecule has 0 bridgehead atoms. The van der Waals surface area contributed by atoms with Crippen LogP contribution in [0.5, 0.6) is 0 Å². The molecule has 1 aromatic carbocycles. The van der Waals surface area contributed by atoms with E-state index in [1.807, 2.05) is 67.8 Å². The molecule has 0 aliphatic rings. The Kier molecular flexibility index (Phi) is 11.7. The highest BCUT2D eigenvalue weighted by Gasteiger charge is 2.30. The van der Waals surface area contributed by atoms with Crippen molar-refractivity contribution in [2.24, 2.45) is 0 Å². The molecular weight excluding hydrogens is 753 g/mol. The average Bonchev–Trinajstić information content (AvgIpc) is 2.64. The quantitative estimate of drug-likeness (QED) is 0.184. The molecule has 31 heavy (non-hydrogen) atoms. The average molecular weight is 774 g/mol. The Morgan fingerprint density at radius 3 is 2.13 bits per heavy atom. The Morgan fingerprint density at radius 1 is 1.00 bits per heavy atom. The van der Waals surface area contributed by atoms with E-state index in [1.54, 1.807) is 7.05 Å². The van der Waals surface area contributed by atoms with Gasteiger partial charge in [-0.3, -0.25) is 9.59 Å². The van der Waals surface area contributed by atoms with E-state index in [9.17, 15) is 19.2 Å². The summed E-state index contributed by atoms with van der Waals surface area (Å²) in [4.78, 5) is 49.6. The minimum atomic E-state index is -1.24. The van der Waals surface area contributed by atoms with Gasteiger partial charge in [-0.2, -0.15) is 0 Å². The fraction of sp³-hybridized carbons (Fsp3) is 0.444. The number of nitrogens with zero attached hydrogens (tertiary/aromatic N) is 1. The van der Waals surface area contributed by atoms with Gasteiger partial charge in [0.1, 0.15) is 6.61 Å². The van der Waals surface area contributed by atoms with Crippen LogP contribution in [0.25, 0.3) is 0 Å². The summed E-state index contributed by atoms with van der Waals surface area (Å²) in [5.74, 6) is -1.41. The summed E-state index contributed by atoms with van der Waals surface area (Å²) in [5, 5.41) is 2.69. The van der Waals surface area contributed by atoms with E-state index in [0.29, 0.717) is 22.1 Å². The van der Waals surface area contributed by atoms with Crippen molar-refractivity contribution in [3.63, 3.8) is 0 Å². The molecule has 10 nitrogen and oxygen atoms in total. The molecule has 0 aliphatic carbocycles. The summed E-state index contributed by atoms with van der Waals surface area (Å²) in [7, 11) is 3.01. The van der Waals surface area contributed by atoms with Crippen LogP contribution in [-0.4, -0.2) is 57.6 Å². The number of amides is 2. The number of hydrogen-bond donors (Lipinski definition) is 1. The molecule has 0 saturated heterocycles. The van der Waals surface area contributed by atoms with Crippen molar-refractivity contribution in [2.75, 3.05) is 37.6 Å². The van der Waals surface area contributed by atoms with Crippen LogP contribution >= 0.6 is 67.8 Å². The van der Waals surface area contributed by atoms with Gasteiger partial charge in [0.2, 0.25) is 18.1 Å². The third-order valence-electron chi connectivity index (χ3n) is 3.65. The minimum absolute atomic E-state index is 0.0102. The first kappa shape index (κ1) is 28.1. The molecule has 0 aromatic heterocycles. The Hall–Kier alpha value is -0.950. The van der Waals surface area contributed by atoms with E-state index in [2.05, 4.69) is 5.32 Å². The standard InChI is InChI=1S/C18H21I3N2O8/c1-8(24)22-15-12(19)11(13(20)16(14(15)21)23(4)9(2)25)17(26)30-10(3)31-18(27)29-7-6-28-5/h10H,6-7H2,1-5H3,(H,22,24). The monoisotopic (exact) mass is 774 g/mol. The summed E-state index contributed by atoms with van der Waals surface area (Å²) in [6.45, 7) is 4.26. The molecule has 0 saturated carbocycles. The van der Waals surface area contributed by atoms with Crippen LogP contribution in [0.2, 0.25) is 0 Å². The number of hydrogen-bond acceptors (Lipinski definition) is 8. The van der Waals surface area contributed by atoms with Crippen LogP contribution in [0.4, 0.5) is 16.2 Å². The summed E-state index contributed by atoms with van der Waals surface area (Å²) in [5.41, 5.74) is 0.936. The molecule has 1 N–H and O–H groups in total. The Bertz CT molecular complexity index is 878. The molecule has 1 aromatic rings. The third-order valence-corrected chi connectivity index (χ3v) is 6.83. The van der Waals surface area contributed by atoms with Crippen LogP contribution in [0.3, 0.4) is 0 Å². The number of anilines is 2. The first-order valence-electron chi connectivity index (χ1n) is 8.67. The van der Waals surface area contributed by atoms with Gasteiger partial charge in [-0.25, -0.2) is 9.59 Å². The highest BCUT2D eigenvalue weighted by molar-refractivity contribution is 14.1. The normalized spacial score (nSPS) is 11.4. The van der Waals surface area contributed by atoms with Crippen molar-refractivity contribution in [1.82, 2.24) is 0 Å². The smallest absolute Gasteiger partial charge is 0.432 e. The van der Waals surface area contributed by atoms with Crippen LogP contribution in [0.15, 0.2) is 0 Å². The lowest BCUT2D eigenvalue weighted by Gasteiger charge is -2.24. The van der Waals surface area contributed by atoms with E-state index in [-0.39, 0.29) is 30.6 Å². The van der Waals surface area contributed by atoms with Crippen LogP contribution in [-0.2, 0) is 28.5 Å². The van der Waals surface area contributed by atoms with Crippen molar-refractivity contribution in [1.29, 1.82) is 0 Å². The van der Waals surface area contributed by atoms with Crippen LogP contribution in [0.1, 0.15) is 31.1 Å². The highest BCUT2D eigenvalue weighted by Crippen LogP contribution is 2.40. The number of halogens is 3. The van der Waals surface area contributed by atoms with Gasteiger partial charge >= 0.3 is 12.1 Å². The third kappa shape index (κ3) is 7.85. The summed E-state index contributed by atoms with van der Waals surface area (Å²) in [6, 6.07) is 0. The predicted octanol–water partition coefficient (Wildman–Crippen LogP) is 3.74. The number of methoxy groups -OCH3 is 1. The molecule has 0 radical (unpaired) electrons. The second-order valence-corrected chi connectivity index (χ2v) is 9.22. The molecule has 0 aliphatic heterocycles. The van der Waals surface area contributed by atoms with Crippen LogP contribution in [0, 0.1) is 10.7 Å². The maximum atomic E-state index is 12.9. The molecule has 13 heteroatoms. The van der Waals surface area contributed by atoms with E-state index in [4.69, 9.17) is 18.9 Å². The molecule has 0 heterocycles. The van der Waals surface area contributed by atoms with Gasteiger partial charge in [0.25, 0.3) is 0 Å². The second-order valence-electron chi connectivity index (χ2n) is 5.98. The van der Waals surface area contributed by atoms with Gasteiger partial charge in [0.05, 0.1) is 34.3 Å². The fourth-order valence-corrected chi connectivity index (χ4v) is 6.78. The van der Waals surface area contributed by atoms with Crippen molar-refractivity contribution in [2.45, 2.75) is 27.1 Å². The molecule has 172 valence electrons. The molecular formula is C18H21I3N2O8. The van der Waals surface area contributed by atoms with Crippen molar-refractivity contribution >= 4 is 103 Å². The van der Waals surface area contributed by atoms with Gasteiger partial charge in [0, 0.05) is 34.9 Å². The van der Waals surface area contributed by atoms with Gasteiger partial charge in [-0.15, -0.1) is 0 Å². The van der Waals surface area contributed by atoms with Gasteiger partial charge in [0.15, 0.2) is 0 Å². The van der Waals surface area contributed by atoms with Gasteiger partial charge in [-0.05, 0) is 67.8 Å². The van der Waals surface area contributed by atoms with Crippen molar-refractivity contribution in [3.8, 4) is 0 Å². The lowest BCUT2D eigenvalue weighted by molar-refractivity contribution is -0.116. The summed E-state index contributed by atoms with van der Waals surface area (Å²) < 4.78 is 21.1. The van der Waals surface area contributed by atoms with Crippen molar-refractivity contribution < 1.29 is 38.1 Å². The van der Waals surface area contributed by atoms with Gasteiger partial charge in [-0.1, -0.05) is 0 Å². The zero-order chi connectivity index (χ0) is 23.9. The topological polar surface area (TPSA) is 120 Å². The first-order valence-corrected chi connectivity index (χ1v) is 11.9. The number of benzene rings is 1. The SMILES string of the molecule is COCCOC(=O)OC(C)OC(=O)c1c(I)c(NC(C)=O)c(I)c(N(C)C(C)=O)c1I. The number of ether oxygens (including phenoxy) is 4. The Balaban J connectivity index is 3.29. The number of carbonyl (C=O) groups excluding carboxylic acids is 4. The zero-order valence-electron chi connectivity index (χ0n) is 17.3. The van der Waals surface area contributed by atoms with E-state index in [1.165, 1.54) is 32.8 Å². The highest BCUT2D eigenvalue weighted by atomic mass is 127. The van der Waals surface area contributed by atoms with Crippen LogP contribution < -0.4 is 10.2 Å². The molecule has 1 atom stereocenters. The zero-order valence-corrected chi connectivity index (χ0v) is 23.8. The van der Waals surface area contributed by atoms with E-state index < -0.39 is 18.4 Å². The van der Waals surface area contributed by atoms with Crippen molar-refractivity contribution in [3.05, 3.63) is 16.3 Å². The molecule has 1 unspecified atom stereocenters. The molecule has 0 fully saturated rings. The first-order chi connectivity index (χ1) is 14.4. The minimum Gasteiger partial charge on any atom is -0.432 e. The largest absolute Gasteiger partial charge is 0.511 e. The number of esters is 1. The second kappa shape index (κ2) is 12.9. The van der Waals surface area contributed by atoms with E-state index in [0.717, 1.165) is 0 Å². The molecule has 1 rings (SSSR count). The summed E-state index contributed by atoms with van der Waals surface area (Å²) >= 11 is 5.86. The number of rotatable bonds is 8. The molecule has 2 amide bonds. The fourth-order valence-electron chi connectivity index (χ4n) is 2.18. The lowest BCUT2D eigenvalue weighted by Crippen LogP contribution is -2.28. The number of nitrogens with one attached hydrogen (secondary N) is 1. The number of carbonyl (C=O) groups is 4. The molecule has 0 spiro atoms. The van der Waals surface area contributed by atoms with Gasteiger partial charge < -0.3 is 29.2 Å². The lowest BCUT2D eigenvalue weighted by atomic mass is 10.1. The Morgan fingerprint density at radius 2 is 1.61 bits per heavy atom.